The number of aliphatic hydroxyl groups excluding tert-OH is 2. The van der Waals surface area contributed by atoms with Gasteiger partial charge in [-0.1, -0.05) is 71.9 Å². The quantitative estimate of drug-likeness (QED) is 0.0355. The maximum Gasteiger partial charge on any atom is 0.326 e. The number of fused-ring (bicyclic) bond motifs is 1. The van der Waals surface area contributed by atoms with Gasteiger partial charge in [0.15, 0.2) is 0 Å². The van der Waals surface area contributed by atoms with E-state index >= 15 is 0 Å². The van der Waals surface area contributed by atoms with Gasteiger partial charge in [-0.05, 0) is 54.0 Å². The zero-order valence-electron chi connectivity index (χ0n) is 41.6. The molecule has 0 unspecified atom stereocenters. The average Bonchev–Trinajstić information content (AvgIpc) is 3.73. The molecular weight excluding hydrogens is 957 g/mol. The molecule has 73 heavy (non-hydrogen) atoms. The van der Waals surface area contributed by atoms with Crippen LogP contribution in [-0.2, 0) is 60.8 Å². The summed E-state index contributed by atoms with van der Waals surface area (Å²) in [6.45, 7) is 8.78. The van der Waals surface area contributed by atoms with Crippen LogP contribution in [0, 0.1) is 17.8 Å². The number of amides is 8. The first kappa shape index (κ1) is 59.7. The molecule has 1 heterocycles. The second-order valence-corrected chi connectivity index (χ2v) is 18.5. The van der Waals surface area contributed by atoms with Gasteiger partial charge in [0.25, 0.3) is 0 Å². The fourth-order valence-electron chi connectivity index (χ4n) is 7.34. The van der Waals surface area contributed by atoms with Crippen LogP contribution in [0.5, 0.6) is 5.75 Å². The van der Waals surface area contributed by atoms with E-state index in [1.165, 1.54) is 31.2 Å². The largest absolute Gasteiger partial charge is 0.508 e. The van der Waals surface area contributed by atoms with Crippen molar-refractivity contribution < 1.29 is 73.5 Å². The van der Waals surface area contributed by atoms with Crippen molar-refractivity contribution in [3.05, 3.63) is 65.9 Å². The van der Waals surface area contributed by atoms with Crippen molar-refractivity contribution in [2.45, 2.75) is 122 Å². The van der Waals surface area contributed by atoms with Crippen LogP contribution in [0.2, 0.25) is 0 Å². The first-order chi connectivity index (χ1) is 34.2. The van der Waals surface area contributed by atoms with Gasteiger partial charge < -0.3 is 78.8 Å². The fourth-order valence-corrected chi connectivity index (χ4v) is 7.34. The molecule has 0 aliphatic heterocycles. The minimum Gasteiger partial charge on any atom is -0.508 e. The van der Waals surface area contributed by atoms with Crippen LogP contribution >= 0.6 is 0 Å². The summed E-state index contributed by atoms with van der Waals surface area (Å²) < 4.78 is 0. The summed E-state index contributed by atoms with van der Waals surface area (Å²) in [5, 5.41) is 69.3. The standard InChI is InChI=1S/C48H68N10O15/c1-22(2)37(46(70)58-40(25(7)60)47(71)57-39(24(5)6)48(72)73)55-35(62)20-51-42(66)32(16-26-12-14-28(61)15-13-26)52-44(68)34(21-59)54-43(67)33(17-27-19-50-31-11-9-8-10-29(27)31)53-45(69)38(23(3)4)56-41(65)30(49)18-36(63)64/h8-15,19,22-25,30,32-34,37-40,50,59-61H,16-18,20-21,49H2,1-7H3,(H,51,66)(H,52,68)(H,53,69)(H,54,67)(H,55,62)(H,56,65)(H,57,71)(H,58,70)(H,63,64)(H,72,73)/t25-,30+,32+,33+,34+,37+,38+,39+,40+/m1/s1. The number of aromatic amines is 1. The number of rotatable bonds is 28. The van der Waals surface area contributed by atoms with Gasteiger partial charge in [-0.25, -0.2) is 4.79 Å². The Bertz CT molecular complexity index is 2440. The number of nitrogens with one attached hydrogen (secondary N) is 9. The molecule has 25 heteroatoms. The van der Waals surface area contributed by atoms with Crippen LogP contribution < -0.4 is 48.3 Å². The van der Waals surface area contributed by atoms with E-state index in [1.807, 2.05) is 0 Å². The highest BCUT2D eigenvalue weighted by Gasteiger charge is 2.36. The first-order valence-corrected chi connectivity index (χ1v) is 23.5. The van der Waals surface area contributed by atoms with Gasteiger partial charge >= 0.3 is 11.9 Å². The van der Waals surface area contributed by atoms with Gasteiger partial charge in [-0.3, -0.25) is 43.2 Å². The Kier molecular flexibility index (Phi) is 22.7. The molecule has 0 saturated heterocycles. The number of para-hydroxylation sites is 1. The van der Waals surface area contributed by atoms with E-state index in [2.05, 4.69) is 47.5 Å². The van der Waals surface area contributed by atoms with E-state index in [-0.39, 0.29) is 18.6 Å². The number of aliphatic hydroxyl groups is 2. The normalized spacial score (nSPS) is 15.0. The van der Waals surface area contributed by atoms with E-state index in [4.69, 9.17) is 10.8 Å². The monoisotopic (exact) mass is 1020 g/mol. The Hall–Kier alpha value is -7.64. The molecule has 0 fully saturated rings. The summed E-state index contributed by atoms with van der Waals surface area (Å²) in [5.41, 5.74) is 7.38. The molecular formula is C48H68N10O15. The number of phenols is 1. The van der Waals surface area contributed by atoms with E-state index in [0.717, 1.165) is 0 Å². The van der Waals surface area contributed by atoms with E-state index in [1.54, 1.807) is 72.0 Å². The molecule has 1 aromatic heterocycles. The Balaban J connectivity index is 1.83. The maximum atomic E-state index is 14.2. The molecule has 9 atom stereocenters. The van der Waals surface area contributed by atoms with Crippen LogP contribution in [0.25, 0.3) is 10.9 Å². The topological polar surface area (TPSA) is 410 Å². The molecule has 3 rings (SSSR count). The van der Waals surface area contributed by atoms with Gasteiger partial charge in [0, 0.05) is 29.9 Å². The molecule has 25 nitrogen and oxygen atoms in total. The molecule has 8 amide bonds. The van der Waals surface area contributed by atoms with Crippen molar-refractivity contribution in [2.75, 3.05) is 13.2 Å². The van der Waals surface area contributed by atoms with Crippen molar-refractivity contribution in [3.8, 4) is 5.75 Å². The number of H-pyrrole nitrogens is 1. The summed E-state index contributed by atoms with van der Waals surface area (Å²) in [5.74, 6) is -12.2. The van der Waals surface area contributed by atoms with Crippen molar-refractivity contribution >= 4 is 70.1 Å². The number of carbonyl (C=O) groups is 10. The smallest absolute Gasteiger partial charge is 0.326 e. The van der Waals surface area contributed by atoms with E-state index < -0.39 is 151 Å². The first-order valence-electron chi connectivity index (χ1n) is 23.5. The highest BCUT2D eigenvalue weighted by molar-refractivity contribution is 5.98. The van der Waals surface area contributed by atoms with Crippen LogP contribution in [0.4, 0.5) is 0 Å². The highest BCUT2D eigenvalue weighted by Crippen LogP contribution is 2.20. The zero-order chi connectivity index (χ0) is 54.9. The van der Waals surface area contributed by atoms with Crippen molar-refractivity contribution in [1.29, 1.82) is 0 Å². The molecule has 3 aromatic rings. The molecule has 2 aromatic carbocycles. The highest BCUT2D eigenvalue weighted by atomic mass is 16.4. The van der Waals surface area contributed by atoms with Gasteiger partial charge in [-0.2, -0.15) is 0 Å². The number of aromatic hydroxyl groups is 1. The number of carboxylic acids is 2. The summed E-state index contributed by atoms with van der Waals surface area (Å²) in [7, 11) is 0. The zero-order valence-corrected chi connectivity index (χ0v) is 41.6. The SMILES string of the molecule is CC(C)[C@H](NC(=O)[C@@H](NC(=O)[C@@H](NC(=O)CNC(=O)[C@H](Cc1ccc(O)cc1)NC(=O)[C@H](CO)NC(=O)[C@H](Cc1c[nH]c2ccccc12)NC(=O)[C@@H](NC(=O)[C@@H](N)CC(=O)O)C(C)C)C(C)C)[C@@H](C)O)C(=O)O. The number of benzene rings is 2. The van der Waals surface area contributed by atoms with E-state index in [0.29, 0.717) is 22.0 Å². The van der Waals surface area contributed by atoms with Gasteiger partial charge in [0.1, 0.15) is 48.0 Å². The summed E-state index contributed by atoms with van der Waals surface area (Å²) in [6.07, 6.45) is -1.07. The average molecular weight is 1030 g/mol. The lowest BCUT2D eigenvalue weighted by Gasteiger charge is -2.28. The van der Waals surface area contributed by atoms with Crippen LogP contribution in [0.15, 0.2) is 54.7 Å². The molecule has 400 valence electrons. The molecule has 0 bridgehead atoms. The van der Waals surface area contributed by atoms with Crippen molar-refractivity contribution in [2.24, 2.45) is 23.5 Å². The Morgan fingerprint density at radius 2 is 1.07 bits per heavy atom. The molecule has 16 N–H and O–H groups in total. The summed E-state index contributed by atoms with van der Waals surface area (Å²) >= 11 is 0. The minimum atomic E-state index is -1.76. The molecule has 0 spiro atoms. The number of aromatic nitrogens is 1. The second-order valence-electron chi connectivity index (χ2n) is 18.5. The fraction of sp³-hybridized carbons (Fsp3) is 0.500. The Morgan fingerprint density at radius 1 is 0.575 bits per heavy atom. The second kappa shape index (κ2) is 27.8. The molecule has 0 aliphatic rings. The lowest BCUT2D eigenvalue weighted by Crippen LogP contribution is -2.61. The molecule has 0 aliphatic carbocycles. The lowest BCUT2D eigenvalue weighted by atomic mass is 10.00. The Morgan fingerprint density at radius 3 is 1.63 bits per heavy atom. The number of carboxylic acid groups (broad SMARTS) is 2. The number of phenolic OH excluding ortho intramolecular Hbond substituents is 1. The van der Waals surface area contributed by atoms with Crippen LogP contribution in [0.3, 0.4) is 0 Å². The van der Waals surface area contributed by atoms with E-state index in [9.17, 15) is 68.4 Å². The lowest BCUT2D eigenvalue weighted by molar-refractivity contribution is -0.144. The summed E-state index contributed by atoms with van der Waals surface area (Å²) in [6, 6.07) is 0.692. The molecule has 0 radical (unpaired) electrons. The van der Waals surface area contributed by atoms with Crippen LogP contribution in [0.1, 0.15) is 66.0 Å². The number of hydrogen-bond acceptors (Lipinski definition) is 14. The minimum absolute atomic E-state index is 0.115. The number of aliphatic carboxylic acids is 2. The van der Waals surface area contributed by atoms with Crippen LogP contribution in [-0.4, -0.2) is 157 Å². The third kappa shape index (κ3) is 18.2. The van der Waals surface area contributed by atoms with Gasteiger partial charge in [0.05, 0.1) is 31.7 Å². The van der Waals surface area contributed by atoms with Crippen molar-refractivity contribution in [1.82, 2.24) is 47.5 Å². The number of nitrogens with two attached hydrogens (primary N) is 1. The summed E-state index contributed by atoms with van der Waals surface area (Å²) in [4.78, 5) is 134. The predicted molar refractivity (Wildman–Crippen MR) is 261 cm³/mol. The third-order valence-corrected chi connectivity index (χ3v) is 11.5. The van der Waals surface area contributed by atoms with Gasteiger partial charge in [0.2, 0.25) is 47.3 Å². The molecule has 0 saturated carbocycles. The number of hydrogen-bond donors (Lipinski definition) is 15. The Labute approximate surface area is 420 Å². The third-order valence-electron chi connectivity index (χ3n) is 11.5. The number of carbonyl (C=O) groups excluding carboxylic acids is 8. The maximum absolute atomic E-state index is 14.2. The van der Waals surface area contributed by atoms with Gasteiger partial charge in [-0.15, -0.1) is 0 Å². The van der Waals surface area contributed by atoms with Crippen molar-refractivity contribution in [3.63, 3.8) is 0 Å². The predicted octanol–water partition coefficient (Wildman–Crippen LogP) is -2.60.